The van der Waals surface area contributed by atoms with Crippen LogP contribution in [-0.2, 0) is 0 Å². The summed E-state index contributed by atoms with van der Waals surface area (Å²) in [7, 11) is 0. The van der Waals surface area contributed by atoms with E-state index in [4.69, 9.17) is 4.74 Å². The van der Waals surface area contributed by atoms with Crippen molar-refractivity contribution in [1.82, 2.24) is 0 Å². The number of hydrogen-bond donors (Lipinski definition) is 0. The first-order valence-electron chi connectivity index (χ1n) is 4.36. The second kappa shape index (κ2) is 4.74. The minimum absolute atomic E-state index is 0.0858. The Labute approximate surface area is 82.0 Å². The Balaban J connectivity index is 2.67. The average Bonchev–Trinajstić information content (AvgIpc) is 2.12. The predicted molar refractivity (Wildman–Crippen MR) is 51.3 cm³/mol. The van der Waals surface area contributed by atoms with Gasteiger partial charge in [-0.2, -0.15) is 0 Å². The number of halogens is 2. The molecule has 0 aliphatic heterocycles. The Kier molecular flexibility index (Phi) is 3.63. The molecule has 0 bridgehead atoms. The second-order valence-electron chi connectivity index (χ2n) is 3.03. The molecule has 0 heterocycles. The van der Waals surface area contributed by atoms with Crippen LogP contribution in [0.15, 0.2) is 30.9 Å². The molecule has 0 radical (unpaired) electrons. The molecule has 0 aliphatic carbocycles. The maximum Gasteiger partial charge on any atom is 0.162 e. The van der Waals surface area contributed by atoms with Crippen molar-refractivity contribution in [3.05, 3.63) is 42.5 Å². The van der Waals surface area contributed by atoms with Gasteiger partial charge in [-0.05, 0) is 19.1 Å². The SMILES string of the molecule is C=CCC(C)Oc1ccc(F)c(F)c1. The van der Waals surface area contributed by atoms with Crippen LogP contribution in [0.25, 0.3) is 0 Å². The molecule has 0 saturated carbocycles. The molecule has 76 valence electrons. The quantitative estimate of drug-likeness (QED) is 0.674. The molecule has 1 aromatic carbocycles. The highest BCUT2D eigenvalue weighted by Crippen LogP contribution is 2.17. The molecule has 14 heavy (non-hydrogen) atoms. The van der Waals surface area contributed by atoms with Crippen molar-refractivity contribution in [2.24, 2.45) is 0 Å². The molecule has 0 fully saturated rings. The highest BCUT2D eigenvalue weighted by atomic mass is 19.2. The van der Waals surface area contributed by atoms with Crippen molar-refractivity contribution in [2.75, 3.05) is 0 Å². The molecule has 1 aromatic rings. The van der Waals surface area contributed by atoms with E-state index in [-0.39, 0.29) is 6.10 Å². The molecule has 0 aromatic heterocycles. The lowest BCUT2D eigenvalue weighted by Crippen LogP contribution is -2.10. The summed E-state index contributed by atoms with van der Waals surface area (Å²) in [6.07, 6.45) is 2.29. The van der Waals surface area contributed by atoms with Crippen molar-refractivity contribution >= 4 is 0 Å². The monoisotopic (exact) mass is 198 g/mol. The first-order chi connectivity index (χ1) is 6.63. The lowest BCUT2D eigenvalue weighted by atomic mass is 10.2. The third-order valence-electron chi connectivity index (χ3n) is 1.73. The van der Waals surface area contributed by atoms with Crippen molar-refractivity contribution < 1.29 is 13.5 Å². The fourth-order valence-corrected chi connectivity index (χ4v) is 1.07. The minimum Gasteiger partial charge on any atom is -0.490 e. The summed E-state index contributed by atoms with van der Waals surface area (Å²) in [5.41, 5.74) is 0. The highest BCUT2D eigenvalue weighted by molar-refractivity contribution is 5.23. The van der Waals surface area contributed by atoms with Gasteiger partial charge in [0, 0.05) is 12.5 Å². The van der Waals surface area contributed by atoms with Crippen LogP contribution in [-0.4, -0.2) is 6.10 Å². The van der Waals surface area contributed by atoms with Gasteiger partial charge in [-0.3, -0.25) is 0 Å². The van der Waals surface area contributed by atoms with E-state index in [1.54, 1.807) is 6.08 Å². The molecule has 3 heteroatoms. The van der Waals surface area contributed by atoms with E-state index in [0.29, 0.717) is 12.2 Å². The maximum absolute atomic E-state index is 12.7. The van der Waals surface area contributed by atoms with Crippen LogP contribution in [0.2, 0.25) is 0 Å². The molecule has 1 unspecified atom stereocenters. The molecule has 1 nitrogen and oxygen atoms in total. The first kappa shape index (κ1) is 10.7. The topological polar surface area (TPSA) is 9.23 Å². The normalized spacial score (nSPS) is 12.2. The summed E-state index contributed by atoms with van der Waals surface area (Å²) in [5.74, 6) is -1.43. The van der Waals surface area contributed by atoms with E-state index >= 15 is 0 Å². The van der Waals surface area contributed by atoms with Crippen LogP contribution >= 0.6 is 0 Å². The van der Waals surface area contributed by atoms with E-state index in [1.165, 1.54) is 6.07 Å². The number of benzene rings is 1. The van der Waals surface area contributed by atoms with E-state index in [1.807, 2.05) is 6.92 Å². The third-order valence-corrected chi connectivity index (χ3v) is 1.73. The number of hydrogen-bond acceptors (Lipinski definition) is 1. The smallest absolute Gasteiger partial charge is 0.162 e. The van der Waals surface area contributed by atoms with Gasteiger partial charge >= 0.3 is 0 Å². The van der Waals surface area contributed by atoms with Crippen LogP contribution in [0.5, 0.6) is 5.75 Å². The first-order valence-corrected chi connectivity index (χ1v) is 4.36. The van der Waals surface area contributed by atoms with Crippen LogP contribution < -0.4 is 4.74 Å². The van der Waals surface area contributed by atoms with Crippen LogP contribution in [0, 0.1) is 11.6 Å². The van der Waals surface area contributed by atoms with Crippen molar-refractivity contribution in [3.8, 4) is 5.75 Å². The summed E-state index contributed by atoms with van der Waals surface area (Å²) in [6.45, 7) is 5.40. The summed E-state index contributed by atoms with van der Waals surface area (Å²) in [4.78, 5) is 0. The zero-order valence-corrected chi connectivity index (χ0v) is 7.97. The van der Waals surface area contributed by atoms with Gasteiger partial charge in [0.2, 0.25) is 0 Å². The lowest BCUT2D eigenvalue weighted by molar-refractivity contribution is 0.224. The molecule has 0 aliphatic rings. The molecule has 0 spiro atoms. The molecule has 1 rings (SSSR count). The van der Waals surface area contributed by atoms with Gasteiger partial charge in [0.1, 0.15) is 5.75 Å². The van der Waals surface area contributed by atoms with Gasteiger partial charge in [-0.15, -0.1) is 6.58 Å². The fraction of sp³-hybridized carbons (Fsp3) is 0.273. The van der Waals surface area contributed by atoms with Crippen molar-refractivity contribution in [3.63, 3.8) is 0 Å². The molecule has 0 N–H and O–H groups in total. The lowest BCUT2D eigenvalue weighted by Gasteiger charge is -2.12. The zero-order chi connectivity index (χ0) is 10.6. The van der Waals surface area contributed by atoms with Gasteiger partial charge < -0.3 is 4.74 Å². The summed E-state index contributed by atoms with van der Waals surface area (Å²) in [6, 6.07) is 3.48. The molecular weight excluding hydrogens is 186 g/mol. The van der Waals surface area contributed by atoms with E-state index in [9.17, 15) is 8.78 Å². The summed E-state index contributed by atoms with van der Waals surface area (Å²) >= 11 is 0. The largest absolute Gasteiger partial charge is 0.490 e. The Morgan fingerprint density at radius 3 is 2.71 bits per heavy atom. The van der Waals surface area contributed by atoms with Crippen LogP contribution in [0.4, 0.5) is 8.78 Å². The minimum atomic E-state index is -0.895. The van der Waals surface area contributed by atoms with Gasteiger partial charge in [0.15, 0.2) is 11.6 Å². The second-order valence-corrected chi connectivity index (χ2v) is 3.03. The predicted octanol–water partition coefficient (Wildman–Crippen LogP) is 3.31. The standard InChI is InChI=1S/C11H12F2O/c1-3-4-8(2)14-9-5-6-10(12)11(13)7-9/h3,5-8H,1,4H2,2H3. The Morgan fingerprint density at radius 2 is 2.14 bits per heavy atom. The van der Waals surface area contributed by atoms with E-state index in [0.717, 1.165) is 12.1 Å². The Hall–Kier alpha value is -1.38. The van der Waals surface area contributed by atoms with Crippen LogP contribution in [0.3, 0.4) is 0 Å². The molecule has 1 atom stereocenters. The van der Waals surface area contributed by atoms with E-state index in [2.05, 4.69) is 6.58 Å². The van der Waals surface area contributed by atoms with Crippen molar-refractivity contribution in [2.45, 2.75) is 19.4 Å². The fourth-order valence-electron chi connectivity index (χ4n) is 1.07. The number of rotatable bonds is 4. The van der Waals surface area contributed by atoms with Gasteiger partial charge in [-0.1, -0.05) is 6.08 Å². The van der Waals surface area contributed by atoms with Gasteiger partial charge in [0.05, 0.1) is 6.10 Å². The Morgan fingerprint density at radius 1 is 1.43 bits per heavy atom. The molecule has 0 amide bonds. The summed E-state index contributed by atoms with van der Waals surface area (Å²) in [5, 5.41) is 0. The van der Waals surface area contributed by atoms with Gasteiger partial charge in [0.25, 0.3) is 0 Å². The van der Waals surface area contributed by atoms with Crippen LogP contribution in [0.1, 0.15) is 13.3 Å². The average molecular weight is 198 g/mol. The number of ether oxygens (including phenoxy) is 1. The molecular formula is C11H12F2O. The Bertz CT molecular complexity index is 323. The summed E-state index contributed by atoms with van der Waals surface area (Å²) < 4.78 is 30.6. The van der Waals surface area contributed by atoms with Crippen molar-refractivity contribution in [1.29, 1.82) is 0 Å². The van der Waals surface area contributed by atoms with E-state index < -0.39 is 11.6 Å². The highest BCUT2D eigenvalue weighted by Gasteiger charge is 2.05. The maximum atomic E-state index is 12.7. The zero-order valence-electron chi connectivity index (χ0n) is 7.97. The van der Waals surface area contributed by atoms with Gasteiger partial charge in [-0.25, -0.2) is 8.78 Å². The third kappa shape index (κ3) is 2.83. The molecule has 0 saturated heterocycles.